The minimum absolute atomic E-state index is 0. The summed E-state index contributed by atoms with van der Waals surface area (Å²) in [6.45, 7) is 7.08. The summed E-state index contributed by atoms with van der Waals surface area (Å²) < 4.78 is 6.33. The van der Waals surface area contributed by atoms with Crippen LogP contribution in [0.3, 0.4) is 0 Å². The van der Waals surface area contributed by atoms with Gasteiger partial charge in [0.25, 0.3) is 0 Å². The van der Waals surface area contributed by atoms with Crippen molar-refractivity contribution >= 4 is 8.32 Å². The van der Waals surface area contributed by atoms with E-state index in [2.05, 4.69) is 20.0 Å². The van der Waals surface area contributed by atoms with Gasteiger partial charge in [0, 0.05) is 6.10 Å². The Bertz CT molecular complexity index is 277. The normalized spacial score (nSPS) is 19.6. The van der Waals surface area contributed by atoms with E-state index in [0.717, 1.165) is 0 Å². The van der Waals surface area contributed by atoms with Gasteiger partial charge < -0.3 is 4.43 Å². The minimum atomic E-state index is -1.26. The molecule has 1 fully saturated rings. The minimum Gasteiger partial charge on any atom is -0.414 e. The van der Waals surface area contributed by atoms with Crippen molar-refractivity contribution < 1.29 is 4.43 Å². The third-order valence-electron chi connectivity index (χ3n) is 5.67. The Hall–Kier alpha value is 0.177. The van der Waals surface area contributed by atoms with Gasteiger partial charge in [0.1, 0.15) is 0 Å². The van der Waals surface area contributed by atoms with Crippen LogP contribution >= 0.6 is 0 Å². The van der Waals surface area contributed by atoms with Crippen LogP contribution in [0.1, 0.15) is 124 Å². The second-order valence-electron chi connectivity index (χ2n) is 8.78. The molecule has 0 N–H and O–H groups in total. The van der Waals surface area contributed by atoms with Crippen LogP contribution in [0.4, 0.5) is 0 Å². The van der Waals surface area contributed by atoms with Gasteiger partial charge in [-0.3, -0.25) is 0 Å². The summed E-state index contributed by atoms with van der Waals surface area (Å²) in [6.07, 6.45) is 25.0. The highest BCUT2D eigenvalue weighted by molar-refractivity contribution is 6.71. The zero-order valence-electron chi connectivity index (χ0n) is 17.2. The van der Waals surface area contributed by atoms with Gasteiger partial charge in [0.15, 0.2) is 8.32 Å². The maximum atomic E-state index is 6.33. The molecule has 1 unspecified atom stereocenters. The van der Waals surface area contributed by atoms with Gasteiger partial charge in [0.2, 0.25) is 0 Å². The molecule has 2 heteroatoms. The fourth-order valence-corrected chi connectivity index (χ4v) is 6.41. The van der Waals surface area contributed by atoms with Crippen LogP contribution in [0.25, 0.3) is 0 Å². The smallest absolute Gasteiger partial charge is 0.187 e. The molecule has 0 aromatic rings. The summed E-state index contributed by atoms with van der Waals surface area (Å²) >= 11 is 0. The summed E-state index contributed by atoms with van der Waals surface area (Å²) in [6, 6.07) is 1.38. The second kappa shape index (κ2) is 16.4. The third kappa shape index (κ3) is 15.0. The van der Waals surface area contributed by atoms with Crippen LogP contribution in [-0.4, -0.2) is 14.4 Å². The Labute approximate surface area is 161 Å². The summed E-state index contributed by atoms with van der Waals surface area (Å²) in [5, 5.41) is 0. The number of unbranched alkanes of at least 4 members (excludes halogenated alkanes) is 13. The van der Waals surface area contributed by atoms with Crippen molar-refractivity contribution in [3.8, 4) is 0 Å². The number of hydrogen-bond donors (Lipinski definition) is 0. The van der Waals surface area contributed by atoms with Crippen molar-refractivity contribution in [2.24, 2.45) is 0 Å². The third-order valence-corrected chi connectivity index (χ3v) is 8.20. The van der Waals surface area contributed by atoms with Crippen molar-refractivity contribution in [3.05, 3.63) is 0 Å². The van der Waals surface area contributed by atoms with Crippen LogP contribution in [0, 0.1) is 0 Å². The zero-order chi connectivity index (χ0) is 17.5. The van der Waals surface area contributed by atoms with E-state index in [4.69, 9.17) is 4.43 Å². The van der Waals surface area contributed by atoms with Crippen molar-refractivity contribution in [1.82, 2.24) is 0 Å². The standard InChI is InChI=1S/C22H46OSi.CH4/c1-4-5-6-7-8-9-10-11-12-13-14-15-16-17-19-22-20-18-21-24(2,3)23-22;/h22H,4-21H2,1-3H3;1H4. The molecule has 0 amide bonds. The van der Waals surface area contributed by atoms with E-state index in [9.17, 15) is 0 Å². The Morgan fingerprint density at radius 2 is 1.16 bits per heavy atom. The molecule has 1 saturated heterocycles. The van der Waals surface area contributed by atoms with Crippen LogP contribution in [-0.2, 0) is 4.43 Å². The average molecular weight is 371 g/mol. The lowest BCUT2D eigenvalue weighted by molar-refractivity contribution is 0.148. The molecule has 152 valence electrons. The molecular formula is C23H50OSi. The van der Waals surface area contributed by atoms with Crippen molar-refractivity contribution in [3.63, 3.8) is 0 Å². The summed E-state index contributed by atoms with van der Waals surface area (Å²) in [4.78, 5) is 0. The van der Waals surface area contributed by atoms with E-state index in [1.807, 2.05) is 0 Å². The first-order valence-corrected chi connectivity index (χ1v) is 14.4. The highest BCUT2D eigenvalue weighted by Crippen LogP contribution is 2.28. The van der Waals surface area contributed by atoms with Crippen molar-refractivity contribution in [1.29, 1.82) is 0 Å². The van der Waals surface area contributed by atoms with Gasteiger partial charge in [-0.1, -0.05) is 111 Å². The van der Waals surface area contributed by atoms with Crippen LogP contribution < -0.4 is 0 Å². The molecule has 1 atom stereocenters. The first-order valence-electron chi connectivity index (χ1n) is 11.3. The van der Waals surface area contributed by atoms with Crippen molar-refractivity contribution in [2.45, 2.75) is 149 Å². The quantitative estimate of drug-likeness (QED) is 0.206. The Kier molecular flexibility index (Phi) is 16.5. The lowest BCUT2D eigenvalue weighted by Gasteiger charge is -2.34. The summed E-state index contributed by atoms with van der Waals surface area (Å²) in [5.41, 5.74) is 0. The van der Waals surface area contributed by atoms with Gasteiger partial charge in [-0.05, 0) is 32.0 Å². The molecule has 0 saturated carbocycles. The van der Waals surface area contributed by atoms with Gasteiger partial charge in [-0.25, -0.2) is 0 Å². The molecule has 1 aliphatic rings. The molecule has 1 heterocycles. The van der Waals surface area contributed by atoms with E-state index < -0.39 is 8.32 Å². The highest BCUT2D eigenvalue weighted by atomic mass is 28.4. The maximum absolute atomic E-state index is 6.33. The van der Waals surface area contributed by atoms with E-state index in [-0.39, 0.29) is 7.43 Å². The molecule has 25 heavy (non-hydrogen) atoms. The topological polar surface area (TPSA) is 9.23 Å². The Morgan fingerprint density at radius 1 is 0.720 bits per heavy atom. The molecule has 0 radical (unpaired) electrons. The molecule has 0 spiro atoms. The van der Waals surface area contributed by atoms with Crippen LogP contribution in [0.15, 0.2) is 0 Å². The molecule has 0 aromatic carbocycles. The average Bonchev–Trinajstić information content (AvgIpc) is 2.54. The SMILES string of the molecule is C.CCCCCCCCCCCCCCCCC1CCC[Si](C)(C)O1. The zero-order valence-corrected chi connectivity index (χ0v) is 18.2. The molecule has 0 aromatic heterocycles. The van der Waals surface area contributed by atoms with E-state index in [1.165, 1.54) is 115 Å². The summed E-state index contributed by atoms with van der Waals surface area (Å²) in [7, 11) is -1.26. The fraction of sp³-hybridized carbons (Fsp3) is 1.00. The van der Waals surface area contributed by atoms with Gasteiger partial charge in [0.05, 0.1) is 0 Å². The fourth-order valence-electron chi connectivity index (χ4n) is 4.09. The number of rotatable bonds is 15. The molecule has 1 rings (SSSR count). The molecule has 1 aliphatic heterocycles. The molecular weight excluding hydrogens is 320 g/mol. The van der Waals surface area contributed by atoms with Crippen molar-refractivity contribution in [2.75, 3.05) is 0 Å². The van der Waals surface area contributed by atoms with E-state index >= 15 is 0 Å². The molecule has 1 nitrogen and oxygen atoms in total. The first kappa shape index (κ1) is 25.2. The van der Waals surface area contributed by atoms with Crippen LogP contribution in [0.2, 0.25) is 19.1 Å². The molecule has 0 aliphatic carbocycles. The van der Waals surface area contributed by atoms with E-state index in [0.29, 0.717) is 6.10 Å². The number of hydrogen-bond acceptors (Lipinski definition) is 1. The lowest BCUT2D eigenvalue weighted by atomic mass is 10.0. The monoisotopic (exact) mass is 370 g/mol. The predicted molar refractivity (Wildman–Crippen MR) is 118 cm³/mol. The Balaban J connectivity index is 0.00000576. The lowest BCUT2D eigenvalue weighted by Crippen LogP contribution is -2.39. The van der Waals surface area contributed by atoms with Gasteiger partial charge >= 0.3 is 0 Å². The largest absolute Gasteiger partial charge is 0.414 e. The van der Waals surface area contributed by atoms with Crippen LogP contribution in [0.5, 0.6) is 0 Å². The Morgan fingerprint density at radius 3 is 1.60 bits per heavy atom. The highest BCUT2D eigenvalue weighted by Gasteiger charge is 2.30. The maximum Gasteiger partial charge on any atom is 0.187 e. The van der Waals surface area contributed by atoms with Gasteiger partial charge in [-0.2, -0.15) is 0 Å². The predicted octanol–water partition coefficient (Wildman–Crippen LogP) is 8.88. The summed E-state index contributed by atoms with van der Waals surface area (Å²) in [5.74, 6) is 0. The van der Waals surface area contributed by atoms with Gasteiger partial charge in [-0.15, -0.1) is 0 Å². The first-order chi connectivity index (χ1) is 11.6. The van der Waals surface area contributed by atoms with E-state index in [1.54, 1.807) is 0 Å². The molecule has 0 bridgehead atoms. The second-order valence-corrected chi connectivity index (χ2v) is 13.0.